The molecule has 0 saturated carbocycles. The summed E-state index contributed by atoms with van der Waals surface area (Å²) in [5.74, 6) is 0.625. The zero-order valence-corrected chi connectivity index (χ0v) is 17.4. The quantitative estimate of drug-likeness (QED) is 0.611. The maximum atomic E-state index is 12.7. The number of nitrogens with zero attached hydrogens (tertiary/aromatic N) is 5. The van der Waals surface area contributed by atoms with Crippen molar-refractivity contribution >= 4 is 39.8 Å². The van der Waals surface area contributed by atoms with E-state index in [0.29, 0.717) is 29.7 Å². The normalized spacial score (nSPS) is 13.9. The first-order valence-electron chi connectivity index (χ1n) is 9.70. The molecule has 0 spiro atoms. The number of Topliss-reactive ketones (excluding diaryl/α,β-unsaturated/α-hetero) is 1. The highest BCUT2D eigenvalue weighted by molar-refractivity contribution is 7.13. The zero-order chi connectivity index (χ0) is 20.9. The number of hydrogen-bond donors (Lipinski definition) is 1. The molecule has 154 valence electrons. The van der Waals surface area contributed by atoms with Crippen LogP contribution >= 0.6 is 11.3 Å². The van der Waals surface area contributed by atoms with Crippen LogP contribution in [0.3, 0.4) is 0 Å². The fourth-order valence-corrected chi connectivity index (χ4v) is 4.00. The largest absolute Gasteiger partial charge is 0.368 e. The molecule has 0 radical (unpaired) electrons. The third-order valence-electron chi connectivity index (χ3n) is 4.94. The van der Waals surface area contributed by atoms with Crippen LogP contribution in [0.2, 0.25) is 0 Å². The number of nitrogens with one attached hydrogen (secondary N) is 1. The molecule has 8 nitrogen and oxygen atoms in total. The van der Waals surface area contributed by atoms with Gasteiger partial charge in [-0.1, -0.05) is 0 Å². The van der Waals surface area contributed by atoms with Gasteiger partial charge in [-0.05, 0) is 37.3 Å². The monoisotopic (exact) mass is 422 g/mol. The summed E-state index contributed by atoms with van der Waals surface area (Å²) in [5.41, 5.74) is 2.53. The van der Waals surface area contributed by atoms with Gasteiger partial charge in [0.1, 0.15) is 0 Å². The van der Waals surface area contributed by atoms with E-state index in [2.05, 4.69) is 25.2 Å². The predicted octanol–water partition coefficient (Wildman–Crippen LogP) is 2.77. The number of carbonyl (C=O) groups excluding carboxylic acids is 2. The first-order chi connectivity index (χ1) is 14.6. The average molecular weight is 423 g/mol. The molecule has 1 aromatic carbocycles. The number of ketones is 1. The average Bonchev–Trinajstić information content (AvgIpc) is 3.21. The second-order valence-electron chi connectivity index (χ2n) is 6.99. The molecule has 1 N–H and O–H groups in total. The van der Waals surface area contributed by atoms with Crippen LogP contribution in [0, 0.1) is 0 Å². The summed E-state index contributed by atoms with van der Waals surface area (Å²) in [4.78, 5) is 40.9. The highest BCUT2D eigenvalue weighted by Gasteiger charge is 2.22. The minimum Gasteiger partial charge on any atom is -0.368 e. The van der Waals surface area contributed by atoms with Crippen molar-refractivity contribution in [2.45, 2.75) is 13.3 Å². The number of benzene rings is 1. The van der Waals surface area contributed by atoms with Gasteiger partial charge in [0.2, 0.25) is 11.9 Å². The number of hydrogen-bond acceptors (Lipinski definition) is 8. The van der Waals surface area contributed by atoms with Crippen molar-refractivity contribution in [3.63, 3.8) is 0 Å². The van der Waals surface area contributed by atoms with Gasteiger partial charge in [0.15, 0.2) is 10.9 Å². The Labute approximate surface area is 178 Å². The van der Waals surface area contributed by atoms with Gasteiger partial charge >= 0.3 is 0 Å². The van der Waals surface area contributed by atoms with Crippen molar-refractivity contribution in [2.24, 2.45) is 0 Å². The van der Waals surface area contributed by atoms with Crippen molar-refractivity contribution in [2.75, 3.05) is 36.4 Å². The van der Waals surface area contributed by atoms with E-state index < -0.39 is 0 Å². The molecule has 30 heavy (non-hydrogen) atoms. The van der Waals surface area contributed by atoms with Crippen molar-refractivity contribution in [1.29, 1.82) is 0 Å². The summed E-state index contributed by atoms with van der Waals surface area (Å²) in [5, 5.41) is 5.60. The van der Waals surface area contributed by atoms with Crippen LogP contribution in [0.25, 0.3) is 0 Å². The van der Waals surface area contributed by atoms with E-state index in [1.165, 1.54) is 11.3 Å². The van der Waals surface area contributed by atoms with Crippen LogP contribution in [0.5, 0.6) is 0 Å². The van der Waals surface area contributed by atoms with Crippen LogP contribution in [0.15, 0.2) is 48.1 Å². The maximum Gasteiger partial charge on any atom is 0.228 e. The fourth-order valence-electron chi connectivity index (χ4n) is 3.29. The standard InChI is InChI=1S/C21H22N6O2S/c1-15(28)16-3-5-18(6-4-16)26-9-11-27(12-10-26)19(29)13-17-14-30-21(24-17)25-20-22-7-2-8-23-20/h2-8,14H,9-13H2,1H3,(H,22,23,24,25). The van der Waals surface area contributed by atoms with Crippen LogP contribution < -0.4 is 10.2 Å². The van der Waals surface area contributed by atoms with Gasteiger partial charge in [-0.15, -0.1) is 11.3 Å². The van der Waals surface area contributed by atoms with Gasteiger partial charge in [0.05, 0.1) is 12.1 Å². The summed E-state index contributed by atoms with van der Waals surface area (Å²) in [7, 11) is 0. The predicted molar refractivity (Wildman–Crippen MR) is 116 cm³/mol. The minimum atomic E-state index is 0.0636. The third-order valence-corrected chi connectivity index (χ3v) is 5.75. The van der Waals surface area contributed by atoms with Gasteiger partial charge in [-0.3, -0.25) is 9.59 Å². The first kappa shape index (κ1) is 20.0. The van der Waals surface area contributed by atoms with Crippen LogP contribution in [-0.2, 0) is 11.2 Å². The first-order valence-corrected chi connectivity index (χ1v) is 10.6. The smallest absolute Gasteiger partial charge is 0.228 e. The zero-order valence-electron chi connectivity index (χ0n) is 16.6. The number of piperazine rings is 1. The molecule has 1 aliphatic rings. The SMILES string of the molecule is CC(=O)c1ccc(N2CCN(C(=O)Cc3csc(Nc4ncccn4)n3)CC2)cc1. The van der Waals surface area contributed by atoms with E-state index in [1.54, 1.807) is 25.4 Å². The number of thiazole rings is 1. The van der Waals surface area contributed by atoms with E-state index in [-0.39, 0.29) is 18.1 Å². The lowest BCUT2D eigenvalue weighted by atomic mass is 10.1. The number of carbonyl (C=O) groups is 2. The van der Waals surface area contributed by atoms with E-state index >= 15 is 0 Å². The topological polar surface area (TPSA) is 91.3 Å². The highest BCUT2D eigenvalue weighted by atomic mass is 32.1. The van der Waals surface area contributed by atoms with Crippen molar-refractivity contribution < 1.29 is 9.59 Å². The molecule has 1 amide bonds. The Hall–Kier alpha value is -3.33. The Kier molecular flexibility index (Phi) is 5.99. The molecular weight excluding hydrogens is 400 g/mol. The van der Waals surface area contributed by atoms with Crippen LogP contribution in [0.1, 0.15) is 23.0 Å². The van der Waals surface area contributed by atoms with E-state index in [1.807, 2.05) is 34.5 Å². The van der Waals surface area contributed by atoms with Crippen LogP contribution in [-0.4, -0.2) is 57.7 Å². The van der Waals surface area contributed by atoms with Gasteiger partial charge in [-0.25, -0.2) is 15.0 Å². The minimum absolute atomic E-state index is 0.0636. The second kappa shape index (κ2) is 9.00. The number of amides is 1. The Balaban J connectivity index is 1.29. The molecule has 0 aliphatic carbocycles. The Bertz CT molecular complexity index is 1010. The maximum absolute atomic E-state index is 12.7. The van der Waals surface area contributed by atoms with Crippen molar-refractivity contribution in [3.8, 4) is 0 Å². The van der Waals surface area contributed by atoms with E-state index in [0.717, 1.165) is 24.5 Å². The molecule has 0 unspecified atom stereocenters. The molecule has 3 aromatic rings. The van der Waals surface area contributed by atoms with Gasteiger partial charge in [0, 0.05) is 55.2 Å². The molecule has 1 fully saturated rings. The molecule has 2 aromatic heterocycles. The van der Waals surface area contributed by atoms with Crippen LogP contribution in [0.4, 0.5) is 16.8 Å². The van der Waals surface area contributed by atoms with E-state index in [4.69, 9.17) is 0 Å². The summed E-state index contributed by atoms with van der Waals surface area (Å²) in [6, 6.07) is 9.38. The lowest BCUT2D eigenvalue weighted by molar-refractivity contribution is -0.130. The van der Waals surface area contributed by atoms with Crippen molar-refractivity contribution in [3.05, 3.63) is 59.4 Å². The number of rotatable bonds is 6. The molecule has 3 heterocycles. The van der Waals surface area contributed by atoms with Gasteiger partial charge < -0.3 is 15.1 Å². The summed E-state index contributed by atoms with van der Waals surface area (Å²) < 4.78 is 0. The van der Waals surface area contributed by atoms with Crippen molar-refractivity contribution in [1.82, 2.24) is 19.9 Å². The highest BCUT2D eigenvalue weighted by Crippen LogP contribution is 2.21. The Morgan fingerprint density at radius 3 is 2.43 bits per heavy atom. The molecule has 1 aliphatic heterocycles. The molecule has 1 saturated heterocycles. The fraction of sp³-hybridized carbons (Fsp3) is 0.286. The molecule has 0 bridgehead atoms. The summed E-state index contributed by atoms with van der Waals surface area (Å²) >= 11 is 1.43. The number of aromatic nitrogens is 3. The number of anilines is 3. The second-order valence-corrected chi connectivity index (χ2v) is 7.85. The Morgan fingerprint density at radius 2 is 1.77 bits per heavy atom. The lowest BCUT2D eigenvalue weighted by Gasteiger charge is -2.36. The van der Waals surface area contributed by atoms with Gasteiger partial charge in [-0.2, -0.15) is 0 Å². The third kappa shape index (κ3) is 4.80. The Morgan fingerprint density at radius 1 is 1.07 bits per heavy atom. The summed E-state index contributed by atoms with van der Waals surface area (Å²) in [6.07, 6.45) is 3.59. The molecule has 9 heteroatoms. The molecule has 4 rings (SSSR count). The van der Waals surface area contributed by atoms with Gasteiger partial charge in [0.25, 0.3) is 0 Å². The summed E-state index contributed by atoms with van der Waals surface area (Å²) in [6.45, 7) is 4.43. The van der Waals surface area contributed by atoms with E-state index in [9.17, 15) is 9.59 Å². The molecular formula is C21H22N6O2S. The molecule has 0 atom stereocenters. The lowest BCUT2D eigenvalue weighted by Crippen LogP contribution is -2.49.